The van der Waals surface area contributed by atoms with Crippen molar-refractivity contribution in [2.45, 2.75) is 55.3 Å². The van der Waals surface area contributed by atoms with Gasteiger partial charge in [0.25, 0.3) is 0 Å². The monoisotopic (exact) mass is 628 g/mol. The molecule has 44 heavy (non-hydrogen) atoms. The predicted molar refractivity (Wildman–Crippen MR) is 139 cm³/mol. The van der Waals surface area contributed by atoms with Crippen LogP contribution in [0.1, 0.15) is 0 Å². The molecule has 0 saturated carbocycles. The van der Waals surface area contributed by atoms with Crippen molar-refractivity contribution in [3.8, 4) is 51.6 Å². The number of fused-ring (bicyclic) bond motifs is 1. The lowest BCUT2D eigenvalue weighted by Crippen LogP contribution is -2.60. The lowest BCUT2D eigenvalue weighted by molar-refractivity contribution is -0.277. The van der Waals surface area contributed by atoms with Crippen molar-refractivity contribution < 1.29 is 84.6 Å². The van der Waals surface area contributed by atoms with E-state index >= 15 is 0 Å². The van der Waals surface area contributed by atoms with Crippen molar-refractivity contribution >= 4 is 11.0 Å². The fourth-order valence-electron chi connectivity index (χ4n) is 4.70. The van der Waals surface area contributed by atoms with Crippen LogP contribution in [0, 0.1) is 0 Å². The maximum atomic E-state index is 13.3. The molecule has 3 aromatic rings. The number of benzene rings is 2. The Balaban J connectivity index is 1.68. The number of aliphatic hydroxyl groups is 7. The number of hydrogen-bond donors (Lipinski definition) is 12. The summed E-state index contributed by atoms with van der Waals surface area (Å²) in [6.45, 7) is -1.41. The van der Waals surface area contributed by atoms with Gasteiger partial charge in [0.05, 0.1) is 13.2 Å². The van der Waals surface area contributed by atoms with Crippen molar-refractivity contribution in [1.29, 1.82) is 0 Å². The van der Waals surface area contributed by atoms with E-state index in [-0.39, 0.29) is 5.56 Å². The zero-order valence-corrected chi connectivity index (χ0v) is 22.2. The van der Waals surface area contributed by atoms with Gasteiger partial charge in [0.1, 0.15) is 53.9 Å². The summed E-state index contributed by atoms with van der Waals surface area (Å²) in [6, 6.07) is 2.58. The van der Waals surface area contributed by atoms with E-state index in [2.05, 4.69) is 0 Å². The molecule has 0 radical (unpaired) electrons. The first-order valence-corrected chi connectivity index (χ1v) is 12.9. The maximum Gasteiger partial charge on any atom is 0.229 e. The van der Waals surface area contributed by atoms with Gasteiger partial charge in [0.15, 0.2) is 34.0 Å². The molecule has 2 saturated heterocycles. The standard InChI is InChI=1S/C26H28O18/c27-4-12-16(34)18(36)20(38)26(42-12)43-23-17(35)13-7(28)3-11(6-1-8(29)14(32)9(30)2-6)41-22(13)24(21(23)39)44-25-19(37)15(33)10(31)5-40-25/h1-3,10,12,15-16,18-20,25-27,29-39H,4-5H2. The summed E-state index contributed by atoms with van der Waals surface area (Å²) in [4.78, 5) is 13.3. The number of rotatable bonds is 6. The van der Waals surface area contributed by atoms with E-state index in [4.69, 9.17) is 23.4 Å². The normalized spacial score (nSPS) is 30.8. The van der Waals surface area contributed by atoms with Gasteiger partial charge in [0.2, 0.25) is 29.8 Å². The molecule has 240 valence electrons. The van der Waals surface area contributed by atoms with Gasteiger partial charge in [-0.15, -0.1) is 0 Å². The highest BCUT2D eigenvalue weighted by atomic mass is 16.7. The Morgan fingerprint density at radius 3 is 1.98 bits per heavy atom. The molecule has 12 N–H and O–H groups in total. The van der Waals surface area contributed by atoms with Crippen LogP contribution in [-0.4, -0.2) is 130 Å². The van der Waals surface area contributed by atoms with Crippen LogP contribution in [0.4, 0.5) is 0 Å². The zero-order chi connectivity index (χ0) is 32.2. The Bertz CT molecular complexity index is 1580. The lowest BCUT2D eigenvalue weighted by Gasteiger charge is -2.39. The van der Waals surface area contributed by atoms with E-state index in [1.165, 1.54) is 0 Å². The minimum absolute atomic E-state index is 0.184. The van der Waals surface area contributed by atoms with Crippen LogP contribution in [0.15, 0.2) is 27.4 Å². The van der Waals surface area contributed by atoms with E-state index in [0.29, 0.717) is 0 Å². The fourth-order valence-corrected chi connectivity index (χ4v) is 4.70. The molecular weight excluding hydrogens is 600 g/mol. The van der Waals surface area contributed by atoms with Crippen molar-refractivity contribution in [3.05, 3.63) is 28.4 Å². The molecule has 3 heterocycles. The summed E-state index contributed by atoms with van der Waals surface area (Å²) in [5, 5.41) is 121. The third-order valence-electron chi connectivity index (χ3n) is 7.16. The molecule has 9 unspecified atom stereocenters. The van der Waals surface area contributed by atoms with Gasteiger partial charge < -0.3 is 84.6 Å². The molecular formula is C26H28O18. The van der Waals surface area contributed by atoms with Crippen molar-refractivity contribution in [2.24, 2.45) is 0 Å². The third-order valence-corrected chi connectivity index (χ3v) is 7.16. The summed E-state index contributed by atoms with van der Waals surface area (Å²) in [5.74, 6) is -7.10. The van der Waals surface area contributed by atoms with Gasteiger partial charge >= 0.3 is 0 Å². The van der Waals surface area contributed by atoms with Crippen LogP contribution in [0.3, 0.4) is 0 Å². The van der Waals surface area contributed by atoms with E-state index < -0.39 is 131 Å². The first-order valence-electron chi connectivity index (χ1n) is 12.9. The maximum absolute atomic E-state index is 13.3. The Hall–Kier alpha value is -4.11. The molecule has 2 aliphatic heterocycles. The van der Waals surface area contributed by atoms with Gasteiger partial charge in [0, 0.05) is 11.6 Å². The van der Waals surface area contributed by atoms with Crippen molar-refractivity contribution in [3.63, 3.8) is 0 Å². The summed E-state index contributed by atoms with van der Waals surface area (Å²) in [7, 11) is 0. The van der Waals surface area contributed by atoms with Crippen LogP contribution in [0.25, 0.3) is 22.3 Å². The fraction of sp³-hybridized carbons (Fsp3) is 0.423. The number of phenols is 5. The molecule has 9 atom stereocenters. The molecule has 0 bridgehead atoms. The number of aliphatic hydroxyl groups excluding tert-OH is 7. The molecule has 0 amide bonds. The summed E-state index contributed by atoms with van der Waals surface area (Å²) < 4.78 is 27.1. The Labute approximate surface area is 244 Å². The molecule has 1 aromatic heterocycles. The van der Waals surface area contributed by atoms with Crippen LogP contribution in [-0.2, 0) is 9.47 Å². The first kappa shape index (κ1) is 31.3. The molecule has 18 heteroatoms. The third kappa shape index (κ3) is 5.27. The summed E-state index contributed by atoms with van der Waals surface area (Å²) in [6.07, 6.45) is -16.3. The molecule has 18 nitrogen and oxygen atoms in total. The highest BCUT2D eigenvalue weighted by Gasteiger charge is 2.46. The Morgan fingerprint density at radius 1 is 0.727 bits per heavy atom. The summed E-state index contributed by atoms with van der Waals surface area (Å²) >= 11 is 0. The SMILES string of the molecule is O=c1cc(-c2cc(O)c(O)c(O)c2)oc2c(OC3OCC(O)C(O)C3O)c(O)c(OC3OC(CO)C(O)C(O)C3O)c(O)c12. The second-order valence-corrected chi connectivity index (χ2v) is 10.1. The van der Waals surface area contributed by atoms with Crippen LogP contribution in [0.5, 0.6) is 40.2 Å². The zero-order valence-electron chi connectivity index (χ0n) is 22.2. The molecule has 2 fully saturated rings. The Kier molecular flexibility index (Phi) is 8.37. The predicted octanol–water partition coefficient (Wildman–Crippen LogP) is -3.02. The van der Waals surface area contributed by atoms with Crippen LogP contribution < -0.4 is 14.9 Å². The van der Waals surface area contributed by atoms with Crippen molar-refractivity contribution in [1.82, 2.24) is 0 Å². The molecule has 0 spiro atoms. The highest BCUT2D eigenvalue weighted by Crippen LogP contribution is 2.51. The second-order valence-electron chi connectivity index (χ2n) is 10.1. The first-order chi connectivity index (χ1) is 20.7. The molecule has 2 aliphatic rings. The van der Waals surface area contributed by atoms with Gasteiger partial charge in [-0.25, -0.2) is 0 Å². The minimum Gasteiger partial charge on any atom is -0.504 e. The second kappa shape index (κ2) is 11.8. The van der Waals surface area contributed by atoms with Crippen molar-refractivity contribution in [2.75, 3.05) is 13.2 Å². The number of aromatic hydroxyl groups is 5. The molecule has 5 rings (SSSR count). The van der Waals surface area contributed by atoms with Gasteiger partial charge in [-0.2, -0.15) is 0 Å². The van der Waals surface area contributed by atoms with Gasteiger partial charge in [-0.05, 0) is 12.1 Å². The number of hydrogen-bond acceptors (Lipinski definition) is 18. The van der Waals surface area contributed by atoms with E-state index in [1.807, 2.05) is 0 Å². The Morgan fingerprint density at radius 2 is 1.34 bits per heavy atom. The molecule has 2 aromatic carbocycles. The number of phenolic OH excluding ortho intramolecular Hbond substituents is 5. The largest absolute Gasteiger partial charge is 0.504 e. The van der Waals surface area contributed by atoms with E-state index in [9.17, 15) is 66.1 Å². The summed E-state index contributed by atoms with van der Waals surface area (Å²) in [5.41, 5.74) is -1.99. The van der Waals surface area contributed by atoms with Gasteiger partial charge in [-0.1, -0.05) is 0 Å². The minimum atomic E-state index is -2.03. The van der Waals surface area contributed by atoms with Gasteiger partial charge in [-0.3, -0.25) is 4.79 Å². The quantitative estimate of drug-likeness (QED) is 0.121. The average Bonchev–Trinajstić information content (AvgIpc) is 2.99. The molecule has 0 aliphatic carbocycles. The smallest absolute Gasteiger partial charge is 0.229 e. The highest BCUT2D eigenvalue weighted by molar-refractivity contribution is 5.95. The van der Waals surface area contributed by atoms with E-state index in [1.54, 1.807) is 0 Å². The van der Waals surface area contributed by atoms with Crippen LogP contribution in [0.2, 0.25) is 0 Å². The lowest BCUT2D eigenvalue weighted by atomic mass is 9.99. The van der Waals surface area contributed by atoms with E-state index in [0.717, 1.165) is 18.2 Å². The average molecular weight is 628 g/mol. The number of ether oxygens (including phenoxy) is 4. The topological polar surface area (TPSA) is 310 Å². The van der Waals surface area contributed by atoms with Crippen LogP contribution >= 0.6 is 0 Å².